The lowest BCUT2D eigenvalue weighted by molar-refractivity contribution is -0.142. The van der Waals surface area contributed by atoms with Crippen molar-refractivity contribution in [1.82, 2.24) is 30.7 Å². The maximum Gasteiger partial charge on any atom is 0.322 e. The first-order valence-electron chi connectivity index (χ1n) is 14.5. The molecule has 0 spiro atoms. The molecule has 5 rings (SSSR count). The van der Waals surface area contributed by atoms with Gasteiger partial charge in [0, 0.05) is 41.4 Å². The van der Waals surface area contributed by atoms with E-state index in [1.807, 2.05) is 0 Å². The van der Waals surface area contributed by atoms with Crippen molar-refractivity contribution in [3.63, 3.8) is 0 Å². The minimum Gasteiger partial charge on any atom is -0.354 e. The van der Waals surface area contributed by atoms with Crippen LogP contribution in [0.1, 0.15) is 67.1 Å². The lowest BCUT2D eigenvalue weighted by Crippen LogP contribution is -2.56. The van der Waals surface area contributed by atoms with Gasteiger partial charge in [0.05, 0.1) is 6.20 Å². The molecule has 226 valence electrons. The highest BCUT2D eigenvalue weighted by Gasteiger charge is 2.47. The molecule has 13 heteroatoms. The second-order valence-corrected chi connectivity index (χ2v) is 14.8. The monoisotopic (exact) mass is 602 g/mol. The van der Waals surface area contributed by atoms with E-state index >= 15 is 0 Å². The van der Waals surface area contributed by atoms with Crippen LogP contribution in [0.15, 0.2) is 36.7 Å². The Bertz CT molecular complexity index is 1510. The fourth-order valence-electron chi connectivity index (χ4n) is 5.93. The van der Waals surface area contributed by atoms with Gasteiger partial charge in [-0.1, -0.05) is 31.9 Å². The maximum atomic E-state index is 14.9. The average molecular weight is 603 g/mol. The molecule has 0 aliphatic carbocycles. The van der Waals surface area contributed by atoms with E-state index < -0.39 is 30.8 Å². The Balaban J connectivity index is 1.29. The second-order valence-electron chi connectivity index (χ2n) is 11.4. The van der Waals surface area contributed by atoms with Crippen molar-refractivity contribution in [2.45, 2.75) is 75.7 Å². The molecule has 4 atom stereocenters. The molecular formula is C29H37F2N6O4P. The number of H-pyrrole nitrogens is 2. The SMILES string of the molecule is CCP(C)(=O)C(F)(F)c1ccc2cc(C(=O)NC3CCCCC4CCC(C(=O)NCCc5cn[nH]c5)N4C3=O)[nH]c2c1. The summed E-state index contributed by atoms with van der Waals surface area (Å²) < 4.78 is 42.4. The zero-order valence-corrected chi connectivity index (χ0v) is 24.7. The van der Waals surface area contributed by atoms with Crippen molar-refractivity contribution < 1.29 is 27.7 Å². The number of nitrogens with zero attached hydrogens (tertiary/aromatic N) is 2. The zero-order valence-electron chi connectivity index (χ0n) is 23.8. The zero-order chi connectivity index (χ0) is 30.1. The van der Waals surface area contributed by atoms with E-state index in [0.717, 1.165) is 37.9 Å². The van der Waals surface area contributed by atoms with Crippen molar-refractivity contribution in [3.8, 4) is 0 Å². The van der Waals surface area contributed by atoms with Gasteiger partial charge in [-0.05, 0) is 56.5 Å². The molecule has 4 heterocycles. The number of hydrogen-bond donors (Lipinski definition) is 4. The van der Waals surface area contributed by atoms with Gasteiger partial charge < -0.3 is 25.1 Å². The molecule has 0 saturated carbocycles. The van der Waals surface area contributed by atoms with Gasteiger partial charge in [0.25, 0.3) is 5.91 Å². The van der Waals surface area contributed by atoms with Crippen LogP contribution in [-0.4, -0.2) is 75.3 Å². The number of hydrogen-bond acceptors (Lipinski definition) is 5. The highest BCUT2D eigenvalue weighted by Crippen LogP contribution is 2.62. The smallest absolute Gasteiger partial charge is 0.322 e. The molecule has 2 aliphatic heterocycles. The first-order valence-corrected chi connectivity index (χ1v) is 16.8. The molecule has 42 heavy (non-hydrogen) atoms. The second kappa shape index (κ2) is 12.0. The van der Waals surface area contributed by atoms with Crippen LogP contribution >= 0.6 is 7.14 Å². The van der Waals surface area contributed by atoms with Gasteiger partial charge in [-0.25, -0.2) is 0 Å². The number of rotatable bonds is 9. The van der Waals surface area contributed by atoms with Crippen molar-refractivity contribution >= 4 is 35.8 Å². The van der Waals surface area contributed by atoms with Crippen molar-refractivity contribution in [2.75, 3.05) is 19.4 Å². The topological polar surface area (TPSA) is 140 Å². The van der Waals surface area contributed by atoms with Crippen LogP contribution < -0.4 is 10.6 Å². The summed E-state index contributed by atoms with van der Waals surface area (Å²) in [5.74, 6) is -1.02. The van der Waals surface area contributed by atoms with Crippen LogP contribution in [0.3, 0.4) is 0 Å². The van der Waals surface area contributed by atoms with Gasteiger partial charge in [0.2, 0.25) is 11.8 Å². The van der Waals surface area contributed by atoms with Gasteiger partial charge in [-0.15, -0.1) is 0 Å². The third-order valence-corrected chi connectivity index (χ3v) is 11.3. The number of aromatic nitrogens is 3. The van der Waals surface area contributed by atoms with Gasteiger partial charge in [0.1, 0.15) is 17.8 Å². The number of alkyl halides is 2. The molecule has 3 aromatic rings. The van der Waals surface area contributed by atoms with Crippen molar-refractivity contribution in [3.05, 3.63) is 53.5 Å². The van der Waals surface area contributed by atoms with E-state index in [2.05, 4.69) is 25.8 Å². The van der Waals surface area contributed by atoms with Crippen LogP contribution in [0.4, 0.5) is 8.78 Å². The molecule has 0 bridgehead atoms. The quantitative estimate of drug-likeness (QED) is 0.270. The van der Waals surface area contributed by atoms with E-state index in [1.165, 1.54) is 25.1 Å². The minimum atomic E-state index is -3.77. The fourth-order valence-corrected chi connectivity index (χ4v) is 7.01. The number of carbonyl (C=O) groups excluding carboxylic acids is 3. The van der Waals surface area contributed by atoms with Crippen LogP contribution in [0, 0.1) is 0 Å². The molecule has 2 aliphatic rings. The Hall–Kier alpha value is -3.53. The summed E-state index contributed by atoms with van der Waals surface area (Å²) in [5.41, 5.74) is -2.46. The van der Waals surface area contributed by atoms with Crippen LogP contribution in [0.2, 0.25) is 0 Å². The van der Waals surface area contributed by atoms with Gasteiger partial charge in [-0.3, -0.25) is 19.5 Å². The molecule has 0 radical (unpaired) electrons. The molecule has 3 amide bonds. The van der Waals surface area contributed by atoms with Crippen molar-refractivity contribution in [1.29, 1.82) is 0 Å². The molecule has 2 saturated heterocycles. The predicted molar refractivity (Wildman–Crippen MR) is 155 cm³/mol. The maximum absolute atomic E-state index is 14.9. The molecule has 4 unspecified atom stereocenters. The predicted octanol–water partition coefficient (Wildman–Crippen LogP) is 4.34. The Morgan fingerprint density at radius 3 is 2.69 bits per heavy atom. The number of benzene rings is 1. The normalized spacial score (nSPS) is 22.7. The summed E-state index contributed by atoms with van der Waals surface area (Å²) >= 11 is 0. The third kappa shape index (κ3) is 5.86. The van der Waals surface area contributed by atoms with Crippen LogP contribution in [-0.2, 0) is 26.2 Å². The molecular weight excluding hydrogens is 565 g/mol. The van der Waals surface area contributed by atoms with E-state index in [4.69, 9.17) is 0 Å². The largest absolute Gasteiger partial charge is 0.354 e. The van der Waals surface area contributed by atoms with Gasteiger partial charge in [-0.2, -0.15) is 13.9 Å². The molecule has 2 fully saturated rings. The number of nitrogens with one attached hydrogen (secondary N) is 4. The summed E-state index contributed by atoms with van der Waals surface area (Å²) in [6, 6.07) is 3.98. The number of fused-ring (bicyclic) bond motifs is 2. The summed E-state index contributed by atoms with van der Waals surface area (Å²) in [5, 5.41) is 13.0. The highest BCUT2D eigenvalue weighted by molar-refractivity contribution is 7.63. The number of amides is 3. The van der Waals surface area contributed by atoms with E-state index in [9.17, 15) is 27.7 Å². The minimum absolute atomic E-state index is 0.0624. The lowest BCUT2D eigenvalue weighted by Gasteiger charge is -2.35. The standard InChI is InChI=1S/C29H37F2N6O4P/c1-3-42(2,41)29(30,31)20-9-8-19-14-24(35-23(19)15-20)26(38)36-22-7-5-4-6-21-10-11-25(37(21)28(22)40)27(39)32-13-12-18-16-33-34-17-18/h8-9,14-17,21-22,25,35H,3-7,10-13H2,1-2H3,(H,32,39)(H,33,34)(H,36,38). The Labute approximate surface area is 242 Å². The Morgan fingerprint density at radius 1 is 1.17 bits per heavy atom. The van der Waals surface area contributed by atoms with E-state index in [0.29, 0.717) is 36.7 Å². The lowest BCUT2D eigenvalue weighted by atomic mass is 9.99. The third-order valence-electron chi connectivity index (χ3n) is 8.62. The van der Waals surface area contributed by atoms with Crippen molar-refractivity contribution in [2.24, 2.45) is 0 Å². The van der Waals surface area contributed by atoms with E-state index in [-0.39, 0.29) is 35.3 Å². The van der Waals surface area contributed by atoms with Gasteiger partial charge in [0.15, 0.2) is 7.14 Å². The summed E-state index contributed by atoms with van der Waals surface area (Å²) in [6.07, 6.45) is 8.10. The summed E-state index contributed by atoms with van der Waals surface area (Å²) in [4.78, 5) is 44.7. The van der Waals surface area contributed by atoms with E-state index in [1.54, 1.807) is 23.4 Å². The summed E-state index contributed by atoms with van der Waals surface area (Å²) in [6.45, 7) is 2.99. The average Bonchev–Trinajstić information content (AvgIpc) is 3.72. The number of halogens is 2. The summed E-state index contributed by atoms with van der Waals surface area (Å²) in [7, 11) is -3.77. The molecule has 2 aromatic heterocycles. The van der Waals surface area contributed by atoms with Crippen LogP contribution in [0.25, 0.3) is 10.9 Å². The molecule has 1 aromatic carbocycles. The first-order chi connectivity index (χ1) is 20.0. The Kier molecular flexibility index (Phi) is 8.55. The molecule has 10 nitrogen and oxygen atoms in total. The number of carbonyl (C=O) groups is 3. The molecule has 4 N–H and O–H groups in total. The van der Waals surface area contributed by atoms with Crippen LogP contribution in [0.5, 0.6) is 0 Å². The number of aromatic amines is 2. The Morgan fingerprint density at radius 2 is 1.95 bits per heavy atom. The fraction of sp³-hybridized carbons (Fsp3) is 0.517. The van der Waals surface area contributed by atoms with Gasteiger partial charge >= 0.3 is 5.66 Å². The highest BCUT2D eigenvalue weighted by atomic mass is 31.2. The first kappa shape index (κ1) is 29.9.